The van der Waals surface area contributed by atoms with E-state index in [4.69, 9.17) is 0 Å². The molecule has 0 aliphatic heterocycles. The summed E-state index contributed by atoms with van der Waals surface area (Å²) in [7, 11) is 2.03. The quantitative estimate of drug-likeness (QED) is 0.771. The SMILES string of the molecule is CN[C@@H](C)C(C)Cc1cccc(C)c1. The first kappa shape index (κ1) is 11.3. The van der Waals surface area contributed by atoms with Crippen LogP contribution in [0.3, 0.4) is 0 Å². The van der Waals surface area contributed by atoms with Crippen molar-refractivity contribution >= 4 is 0 Å². The van der Waals surface area contributed by atoms with Crippen LogP contribution in [0.2, 0.25) is 0 Å². The number of aryl methyl sites for hydroxylation is 1. The maximum absolute atomic E-state index is 3.30. The minimum atomic E-state index is 0.579. The summed E-state index contributed by atoms with van der Waals surface area (Å²) in [5.41, 5.74) is 2.80. The van der Waals surface area contributed by atoms with E-state index in [1.54, 1.807) is 0 Å². The first-order valence-corrected chi connectivity index (χ1v) is 5.36. The zero-order chi connectivity index (χ0) is 10.6. The molecule has 0 aliphatic carbocycles. The van der Waals surface area contributed by atoms with Crippen LogP contribution < -0.4 is 5.32 Å². The van der Waals surface area contributed by atoms with Gasteiger partial charge < -0.3 is 5.32 Å². The molecular weight excluding hydrogens is 170 g/mol. The molecule has 1 aromatic rings. The summed E-state index contributed by atoms with van der Waals surface area (Å²) in [5, 5.41) is 3.30. The van der Waals surface area contributed by atoms with Crippen molar-refractivity contribution in [1.82, 2.24) is 5.32 Å². The van der Waals surface area contributed by atoms with Crippen molar-refractivity contribution < 1.29 is 0 Å². The Morgan fingerprint density at radius 1 is 1.29 bits per heavy atom. The fraction of sp³-hybridized carbons (Fsp3) is 0.538. The van der Waals surface area contributed by atoms with Gasteiger partial charge in [-0.05, 0) is 38.8 Å². The summed E-state index contributed by atoms with van der Waals surface area (Å²) in [4.78, 5) is 0. The molecule has 0 saturated heterocycles. The van der Waals surface area contributed by atoms with Crippen LogP contribution in [0.1, 0.15) is 25.0 Å². The van der Waals surface area contributed by atoms with Gasteiger partial charge in [-0.1, -0.05) is 36.8 Å². The van der Waals surface area contributed by atoms with Crippen LogP contribution in [0.4, 0.5) is 0 Å². The van der Waals surface area contributed by atoms with Crippen molar-refractivity contribution in [3.8, 4) is 0 Å². The minimum absolute atomic E-state index is 0.579. The average Bonchev–Trinajstić information content (AvgIpc) is 2.16. The van der Waals surface area contributed by atoms with Gasteiger partial charge in [0.25, 0.3) is 0 Å². The first-order chi connectivity index (χ1) is 6.63. The fourth-order valence-electron chi connectivity index (χ4n) is 1.67. The highest BCUT2D eigenvalue weighted by Gasteiger charge is 2.10. The van der Waals surface area contributed by atoms with E-state index in [1.807, 2.05) is 7.05 Å². The van der Waals surface area contributed by atoms with Gasteiger partial charge in [0.2, 0.25) is 0 Å². The summed E-state index contributed by atoms with van der Waals surface area (Å²) < 4.78 is 0. The van der Waals surface area contributed by atoms with Crippen LogP contribution in [-0.4, -0.2) is 13.1 Å². The van der Waals surface area contributed by atoms with Crippen molar-refractivity contribution in [2.45, 2.75) is 33.2 Å². The van der Waals surface area contributed by atoms with Gasteiger partial charge in [0.05, 0.1) is 0 Å². The van der Waals surface area contributed by atoms with Gasteiger partial charge in [-0.3, -0.25) is 0 Å². The molecule has 0 saturated carbocycles. The summed E-state index contributed by atoms with van der Waals surface area (Å²) in [5.74, 6) is 0.682. The van der Waals surface area contributed by atoms with Crippen LogP contribution in [0, 0.1) is 12.8 Å². The zero-order valence-corrected chi connectivity index (χ0v) is 9.67. The third kappa shape index (κ3) is 3.15. The van der Waals surface area contributed by atoms with Gasteiger partial charge in [0.1, 0.15) is 0 Å². The average molecular weight is 191 g/mol. The second-order valence-electron chi connectivity index (χ2n) is 4.25. The van der Waals surface area contributed by atoms with E-state index in [0.29, 0.717) is 12.0 Å². The van der Waals surface area contributed by atoms with Crippen molar-refractivity contribution in [1.29, 1.82) is 0 Å². The number of benzene rings is 1. The highest BCUT2D eigenvalue weighted by atomic mass is 14.9. The lowest BCUT2D eigenvalue weighted by Gasteiger charge is -2.19. The number of rotatable bonds is 4. The summed E-state index contributed by atoms with van der Waals surface area (Å²) >= 11 is 0. The maximum Gasteiger partial charge on any atom is 0.00645 e. The number of nitrogens with one attached hydrogen (secondary N) is 1. The molecule has 1 rings (SSSR count). The Morgan fingerprint density at radius 3 is 2.57 bits per heavy atom. The van der Waals surface area contributed by atoms with Crippen molar-refractivity contribution in [3.63, 3.8) is 0 Å². The molecule has 1 N–H and O–H groups in total. The lowest BCUT2D eigenvalue weighted by Crippen LogP contribution is -2.29. The van der Waals surface area contributed by atoms with Crippen molar-refractivity contribution in [2.75, 3.05) is 7.05 Å². The molecule has 1 nitrogen and oxygen atoms in total. The van der Waals surface area contributed by atoms with Gasteiger partial charge in [0.15, 0.2) is 0 Å². The molecule has 0 aliphatic rings. The van der Waals surface area contributed by atoms with Crippen LogP contribution in [0.15, 0.2) is 24.3 Å². The monoisotopic (exact) mass is 191 g/mol. The molecule has 14 heavy (non-hydrogen) atoms. The van der Waals surface area contributed by atoms with Crippen molar-refractivity contribution in [2.24, 2.45) is 5.92 Å². The molecule has 0 fully saturated rings. The Hall–Kier alpha value is -0.820. The Morgan fingerprint density at radius 2 is 2.00 bits per heavy atom. The van der Waals surface area contributed by atoms with Crippen LogP contribution >= 0.6 is 0 Å². The Labute approximate surface area is 87.5 Å². The van der Waals surface area contributed by atoms with Gasteiger partial charge in [-0.2, -0.15) is 0 Å². The Balaban J connectivity index is 2.60. The molecule has 0 heterocycles. The van der Waals surface area contributed by atoms with Crippen LogP contribution in [0.25, 0.3) is 0 Å². The van der Waals surface area contributed by atoms with E-state index in [1.165, 1.54) is 11.1 Å². The summed E-state index contributed by atoms with van der Waals surface area (Å²) in [6.45, 7) is 6.68. The smallest absolute Gasteiger partial charge is 0.00645 e. The lowest BCUT2D eigenvalue weighted by atomic mass is 9.94. The predicted molar refractivity (Wildman–Crippen MR) is 62.6 cm³/mol. The minimum Gasteiger partial charge on any atom is -0.317 e. The summed E-state index contributed by atoms with van der Waals surface area (Å²) in [6, 6.07) is 9.36. The van der Waals surface area contributed by atoms with E-state index < -0.39 is 0 Å². The molecule has 0 spiro atoms. The Bertz CT molecular complexity index is 280. The predicted octanol–water partition coefficient (Wildman–Crippen LogP) is 2.78. The van der Waals surface area contributed by atoms with Crippen LogP contribution in [0.5, 0.6) is 0 Å². The maximum atomic E-state index is 3.30. The van der Waals surface area contributed by atoms with Gasteiger partial charge >= 0.3 is 0 Å². The molecule has 78 valence electrons. The van der Waals surface area contributed by atoms with E-state index in [-0.39, 0.29) is 0 Å². The number of hydrogen-bond acceptors (Lipinski definition) is 1. The third-order valence-corrected chi connectivity index (χ3v) is 2.95. The van der Waals surface area contributed by atoms with Crippen molar-refractivity contribution in [3.05, 3.63) is 35.4 Å². The third-order valence-electron chi connectivity index (χ3n) is 2.95. The second-order valence-corrected chi connectivity index (χ2v) is 4.25. The first-order valence-electron chi connectivity index (χ1n) is 5.36. The lowest BCUT2D eigenvalue weighted by molar-refractivity contribution is 0.424. The fourth-order valence-corrected chi connectivity index (χ4v) is 1.67. The van der Waals surface area contributed by atoms with Gasteiger partial charge in [-0.25, -0.2) is 0 Å². The molecular formula is C13H21N. The second kappa shape index (κ2) is 5.16. The molecule has 2 atom stereocenters. The summed E-state index contributed by atoms with van der Waals surface area (Å²) in [6.07, 6.45) is 1.16. The molecule has 0 bridgehead atoms. The molecule has 1 unspecified atom stereocenters. The van der Waals surface area contributed by atoms with Gasteiger partial charge in [-0.15, -0.1) is 0 Å². The Kier molecular flexibility index (Phi) is 4.15. The largest absolute Gasteiger partial charge is 0.317 e. The van der Waals surface area contributed by atoms with E-state index in [2.05, 4.69) is 50.4 Å². The topological polar surface area (TPSA) is 12.0 Å². The highest BCUT2D eigenvalue weighted by Crippen LogP contribution is 2.13. The number of hydrogen-bond donors (Lipinski definition) is 1. The van der Waals surface area contributed by atoms with E-state index in [9.17, 15) is 0 Å². The standard InChI is InChI=1S/C13H21N/c1-10-6-5-7-13(8-10)9-11(2)12(3)14-4/h5-8,11-12,14H,9H2,1-4H3/t11?,12-/m0/s1. The molecule has 0 radical (unpaired) electrons. The van der Waals surface area contributed by atoms with E-state index >= 15 is 0 Å². The normalized spacial score (nSPS) is 15.1. The molecule has 1 aromatic carbocycles. The molecule has 0 amide bonds. The highest BCUT2D eigenvalue weighted by molar-refractivity contribution is 5.22. The van der Waals surface area contributed by atoms with Gasteiger partial charge in [0, 0.05) is 6.04 Å². The van der Waals surface area contributed by atoms with Crippen LogP contribution in [-0.2, 0) is 6.42 Å². The van der Waals surface area contributed by atoms with E-state index in [0.717, 1.165) is 6.42 Å². The molecule has 0 aromatic heterocycles. The zero-order valence-electron chi connectivity index (χ0n) is 9.67. The molecule has 1 heteroatoms.